The molecule has 0 rings (SSSR count). The normalized spacial score (nSPS) is 11.0. The van der Waals surface area contributed by atoms with Crippen LogP contribution in [0.15, 0.2) is 24.3 Å². The van der Waals surface area contributed by atoms with Crippen molar-refractivity contribution in [2.75, 3.05) is 20.3 Å². The Morgan fingerprint density at radius 2 is 2.17 bits per heavy atom. The molecular weight excluding hydrogens is 156 g/mol. The van der Waals surface area contributed by atoms with E-state index in [0.717, 1.165) is 0 Å². The lowest BCUT2D eigenvalue weighted by Gasteiger charge is -1.98. The first-order valence-corrected chi connectivity index (χ1v) is 3.66. The summed E-state index contributed by atoms with van der Waals surface area (Å²) in [6.07, 6.45) is 3.33. The largest absolute Gasteiger partial charge is 0.466 e. The second kappa shape index (κ2) is 6.61. The van der Waals surface area contributed by atoms with Gasteiger partial charge in [-0.15, -0.1) is 6.58 Å². The van der Waals surface area contributed by atoms with Gasteiger partial charge in [-0.1, -0.05) is 6.08 Å². The van der Waals surface area contributed by atoms with Crippen molar-refractivity contribution >= 4 is 5.97 Å². The summed E-state index contributed by atoms with van der Waals surface area (Å²) in [5, 5.41) is 0. The van der Waals surface area contributed by atoms with Crippen molar-refractivity contribution in [3.8, 4) is 0 Å². The smallest absolute Gasteiger partial charge is 0.333 e. The van der Waals surface area contributed by atoms with Crippen molar-refractivity contribution in [3.63, 3.8) is 0 Å². The fourth-order valence-electron chi connectivity index (χ4n) is 0.580. The van der Waals surface area contributed by atoms with Gasteiger partial charge in [0, 0.05) is 5.57 Å². The van der Waals surface area contributed by atoms with E-state index in [9.17, 15) is 4.79 Å². The van der Waals surface area contributed by atoms with Gasteiger partial charge in [0.25, 0.3) is 0 Å². The quantitative estimate of drug-likeness (QED) is 0.270. The van der Waals surface area contributed by atoms with Crippen molar-refractivity contribution in [3.05, 3.63) is 24.3 Å². The second-order valence-corrected chi connectivity index (χ2v) is 2.20. The Kier molecular flexibility index (Phi) is 6.01. The van der Waals surface area contributed by atoms with Crippen LogP contribution in [0.5, 0.6) is 0 Å². The lowest BCUT2D eigenvalue weighted by molar-refractivity contribution is -0.136. The Labute approximate surface area is 72.7 Å². The molecule has 0 aliphatic rings. The van der Waals surface area contributed by atoms with Crippen LogP contribution in [-0.4, -0.2) is 26.3 Å². The molecule has 0 N–H and O–H groups in total. The summed E-state index contributed by atoms with van der Waals surface area (Å²) < 4.78 is 9.53. The van der Waals surface area contributed by atoms with Crippen molar-refractivity contribution in [2.45, 2.75) is 6.92 Å². The lowest BCUT2D eigenvalue weighted by atomic mass is 10.3. The van der Waals surface area contributed by atoms with Crippen molar-refractivity contribution in [1.82, 2.24) is 0 Å². The minimum atomic E-state index is -0.322. The molecule has 0 saturated carbocycles. The number of carbonyl (C=O) groups is 1. The molecular formula is C9H14O3. The number of ether oxygens (including phenoxy) is 2. The summed E-state index contributed by atoms with van der Waals surface area (Å²) in [5.74, 6) is -0.322. The molecule has 12 heavy (non-hydrogen) atoms. The zero-order valence-electron chi connectivity index (χ0n) is 7.50. The molecule has 0 heterocycles. The first-order valence-electron chi connectivity index (χ1n) is 3.66. The molecule has 0 radical (unpaired) electrons. The topological polar surface area (TPSA) is 35.5 Å². The van der Waals surface area contributed by atoms with E-state index in [1.807, 2.05) is 0 Å². The molecule has 0 aliphatic carbocycles. The van der Waals surface area contributed by atoms with Crippen LogP contribution in [0.3, 0.4) is 0 Å². The fraction of sp³-hybridized carbons (Fsp3) is 0.444. The van der Waals surface area contributed by atoms with E-state index in [1.165, 1.54) is 7.11 Å². The molecule has 68 valence electrons. The van der Waals surface area contributed by atoms with E-state index >= 15 is 0 Å². The molecule has 0 unspecified atom stereocenters. The highest BCUT2D eigenvalue weighted by molar-refractivity contribution is 5.87. The monoisotopic (exact) mass is 170 g/mol. The summed E-state index contributed by atoms with van der Waals surface area (Å²) in [5.41, 5.74) is 0.557. The van der Waals surface area contributed by atoms with E-state index in [4.69, 9.17) is 4.74 Å². The van der Waals surface area contributed by atoms with E-state index in [2.05, 4.69) is 11.3 Å². The number of rotatable bonds is 5. The maximum absolute atomic E-state index is 10.8. The third kappa shape index (κ3) is 4.68. The Morgan fingerprint density at radius 3 is 2.67 bits per heavy atom. The van der Waals surface area contributed by atoms with Crippen LogP contribution < -0.4 is 0 Å². The predicted molar refractivity (Wildman–Crippen MR) is 46.8 cm³/mol. The summed E-state index contributed by atoms with van der Waals surface area (Å²) in [4.78, 5) is 10.8. The highest BCUT2D eigenvalue weighted by Crippen LogP contribution is 1.94. The SMILES string of the molecule is C=CCOC/C=C(\C)C(=O)OC. The average Bonchev–Trinajstić information content (AvgIpc) is 2.10. The molecule has 3 heteroatoms. The minimum Gasteiger partial charge on any atom is -0.466 e. The van der Waals surface area contributed by atoms with E-state index in [-0.39, 0.29) is 5.97 Å². The Balaban J connectivity index is 3.68. The molecule has 0 fully saturated rings. The third-order valence-electron chi connectivity index (χ3n) is 1.25. The number of esters is 1. The van der Waals surface area contributed by atoms with Gasteiger partial charge in [0.2, 0.25) is 0 Å². The van der Waals surface area contributed by atoms with Gasteiger partial charge >= 0.3 is 5.97 Å². The number of carbonyl (C=O) groups excluding carboxylic acids is 1. The Bertz CT molecular complexity index is 182. The van der Waals surface area contributed by atoms with Crippen LogP contribution in [0.1, 0.15) is 6.92 Å². The standard InChI is InChI=1S/C9H14O3/c1-4-6-12-7-5-8(2)9(10)11-3/h4-5H,1,6-7H2,2-3H3/b8-5+. The first-order chi connectivity index (χ1) is 5.72. The predicted octanol–water partition coefficient (Wildman–Crippen LogP) is 1.31. The van der Waals surface area contributed by atoms with E-state index in [0.29, 0.717) is 18.8 Å². The van der Waals surface area contributed by atoms with Crippen LogP contribution in [0, 0.1) is 0 Å². The fourth-order valence-corrected chi connectivity index (χ4v) is 0.580. The van der Waals surface area contributed by atoms with Crippen LogP contribution >= 0.6 is 0 Å². The van der Waals surface area contributed by atoms with Gasteiger partial charge < -0.3 is 9.47 Å². The van der Waals surface area contributed by atoms with E-state index < -0.39 is 0 Å². The zero-order chi connectivity index (χ0) is 9.40. The van der Waals surface area contributed by atoms with Crippen LogP contribution in [0.4, 0.5) is 0 Å². The molecule has 0 aliphatic heterocycles. The molecule has 0 amide bonds. The molecule has 0 atom stereocenters. The average molecular weight is 170 g/mol. The highest BCUT2D eigenvalue weighted by atomic mass is 16.5. The van der Waals surface area contributed by atoms with Crippen LogP contribution in [-0.2, 0) is 14.3 Å². The maximum Gasteiger partial charge on any atom is 0.333 e. The van der Waals surface area contributed by atoms with Gasteiger partial charge in [0.05, 0.1) is 20.3 Å². The first kappa shape index (κ1) is 10.9. The maximum atomic E-state index is 10.8. The third-order valence-corrected chi connectivity index (χ3v) is 1.25. The van der Waals surface area contributed by atoms with Crippen molar-refractivity contribution < 1.29 is 14.3 Å². The summed E-state index contributed by atoms with van der Waals surface area (Å²) >= 11 is 0. The summed E-state index contributed by atoms with van der Waals surface area (Å²) in [6, 6.07) is 0. The minimum absolute atomic E-state index is 0.322. The molecule has 0 spiro atoms. The van der Waals surface area contributed by atoms with Gasteiger partial charge in [-0.05, 0) is 13.0 Å². The number of hydrogen-bond donors (Lipinski definition) is 0. The second-order valence-electron chi connectivity index (χ2n) is 2.20. The molecule has 0 bridgehead atoms. The Hall–Kier alpha value is -1.09. The Morgan fingerprint density at radius 1 is 1.50 bits per heavy atom. The molecule has 0 aromatic heterocycles. The van der Waals surface area contributed by atoms with Crippen LogP contribution in [0.25, 0.3) is 0 Å². The molecule has 0 aromatic rings. The summed E-state index contributed by atoms with van der Waals surface area (Å²) in [7, 11) is 1.35. The highest BCUT2D eigenvalue weighted by Gasteiger charge is 2.00. The summed E-state index contributed by atoms with van der Waals surface area (Å²) in [6.45, 7) is 6.08. The van der Waals surface area contributed by atoms with Crippen LogP contribution in [0.2, 0.25) is 0 Å². The van der Waals surface area contributed by atoms with Crippen molar-refractivity contribution in [1.29, 1.82) is 0 Å². The van der Waals surface area contributed by atoms with Gasteiger partial charge in [0.1, 0.15) is 0 Å². The molecule has 0 aromatic carbocycles. The van der Waals surface area contributed by atoms with Gasteiger partial charge in [-0.25, -0.2) is 4.79 Å². The van der Waals surface area contributed by atoms with Gasteiger partial charge in [-0.2, -0.15) is 0 Å². The number of methoxy groups -OCH3 is 1. The number of hydrogen-bond acceptors (Lipinski definition) is 3. The molecule has 3 nitrogen and oxygen atoms in total. The zero-order valence-corrected chi connectivity index (χ0v) is 7.50. The lowest BCUT2D eigenvalue weighted by Crippen LogP contribution is -2.03. The van der Waals surface area contributed by atoms with E-state index in [1.54, 1.807) is 19.1 Å². The van der Waals surface area contributed by atoms with Crippen molar-refractivity contribution in [2.24, 2.45) is 0 Å². The van der Waals surface area contributed by atoms with Gasteiger partial charge in [0.15, 0.2) is 0 Å². The molecule has 0 saturated heterocycles. The van der Waals surface area contributed by atoms with Gasteiger partial charge in [-0.3, -0.25) is 0 Å².